The molecule has 1 rings (SSSR count). The van der Waals surface area contributed by atoms with Crippen molar-refractivity contribution < 1.29 is 28.5 Å². The maximum Gasteiger partial charge on any atom is 0.331 e. The molecule has 0 heterocycles. The summed E-state index contributed by atoms with van der Waals surface area (Å²) < 4.78 is 20.3. The lowest BCUT2D eigenvalue weighted by Crippen LogP contribution is -2.32. The van der Waals surface area contributed by atoms with Crippen LogP contribution in [0.5, 0.6) is 5.75 Å². The van der Waals surface area contributed by atoms with Gasteiger partial charge >= 0.3 is 5.97 Å². The largest absolute Gasteiger partial charge is 0.489 e. The van der Waals surface area contributed by atoms with Crippen LogP contribution >= 0.6 is 0 Å². The van der Waals surface area contributed by atoms with Crippen LogP contribution in [0.2, 0.25) is 0 Å². The summed E-state index contributed by atoms with van der Waals surface area (Å²) in [7, 11) is 3.10. The Morgan fingerprint density at radius 1 is 1.23 bits per heavy atom. The minimum absolute atomic E-state index is 0.113. The van der Waals surface area contributed by atoms with Gasteiger partial charge in [0.1, 0.15) is 25.2 Å². The minimum Gasteiger partial charge on any atom is -0.489 e. The number of hydrogen-bond acceptors (Lipinski definition) is 8. The summed E-state index contributed by atoms with van der Waals surface area (Å²) in [6, 6.07) is 6.81. The van der Waals surface area contributed by atoms with Crippen LogP contribution in [0.4, 0.5) is 0 Å². The molecule has 0 radical (unpaired) electrons. The molecule has 4 N–H and O–H groups in total. The van der Waals surface area contributed by atoms with Gasteiger partial charge in [0.15, 0.2) is 0 Å². The predicted octanol–water partition coefficient (Wildman–Crippen LogP) is -0.494. The predicted molar refractivity (Wildman–Crippen MR) is 95.0 cm³/mol. The highest BCUT2D eigenvalue weighted by molar-refractivity contribution is 5.94. The van der Waals surface area contributed by atoms with Gasteiger partial charge in [-0.05, 0) is 25.2 Å². The maximum absolute atomic E-state index is 12.0. The Morgan fingerprint density at radius 2 is 2.04 bits per heavy atom. The van der Waals surface area contributed by atoms with E-state index in [2.05, 4.69) is 15.4 Å². The molecule has 146 valence electrons. The third-order valence-corrected chi connectivity index (χ3v) is 3.18. The zero-order chi connectivity index (χ0) is 19.2. The second-order valence-electron chi connectivity index (χ2n) is 5.24. The van der Waals surface area contributed by atoms with Crippen molar-refractivity contribution in [3.05, 3.63) is 29.8 Å². The number of nitrogens with two attached hydrogens (primary N) is 1. The van der Waals surface area contributed by atoms with Gasteiger partial charge in [-0.3, -0.25) is 4.79 Å². The van der Waals surface area contributed by atoms with Crippen molar-refractivity contribution in [2.75, 3.05) is 53.7 Å². The first-order valence-electron chi connectivity index (χ1n) is 8.24. The van der Waals surface area contributed by atoms with E-state index in [9.17, 15) is 9.59 Å². The van der Waals surface area contributed by atoms with E-state index in [1.165, 1.54) is 7.11 Å². The lowest BCUT2D eigenvalue weighted by Gasteiger charge is -2.14. The standard InChI is InChI=1S/C17H27N3O6/c1-19-6-7-20-17(22)13-4-3-5-14(10-13)26-11-15(18)25-9-8-24-12-16(21)23-2/h3-5,10,15,19H,6-9,11-12,18H2,1-2H3,(H,20,22). The van der Waals surface area contributed by atoms with Crippen LogP contribution < -0.4 is 21.1 Å². The quantitative estimate of drug-likeness (QED) is 0.242. The summed E-state index contributed by atoms with van der Waals surface area (Å²) in [6.45, 7) is 1.64. The number of likely N-dealkylation sites (N-methyl/N-ethyl adjacent to an activating group) is 1. The monoisotopic (exact) mass is 369 g/mol. The lowest BCUT2D eigenvalue weighted by atomic mass is 10.2. The molecule has 1 aromatic carbocycles. The highest BCUT2D eigenvalue weighted by atomic mass is 16.6. The molecule has 0 saturated heterocycles. The number of benzene rings is 1. The maximum atomic E-state index is 12.0. The fourth-order valence-electron chi connectivity index (χ4n) is 1.83. The number of rotatable bonds is 13. The van der Waals surface area contributed by atoms with E-state index in [1.807, 2.05) is 7.05 Å². The zero-order valence-corrected chi connectivity index (χ0v) is 15.2. The average Bonchev–Trinajstić information content (AvgIpc) is 2.66. The number of nitrogens with one attached hydrogen (secondary N) is 2. The van der Waals surface area contributed by atoms with Crippen LogP contribution in [0.1, 0.15) is 10.4 Å². The molecule has 0 saturated carbocycles. The molecule has 1 amide bonds. The van der Waals surface area contributed by atoms with Crippen molar-refractivity contribution in [2.24, 2.45) is 5.73 Å². The van der Waals surface area contributed by atoms with E-state index in [1.54, 1.807) is 24.3 Å². The lowest BCUT2D eigenvalue weighted by molar-refractivity contribution is -0.146. The molecule has 9 heteroatoms. The van der Waals surface area contributed by atoms with Crippen LogP contribution in [0.15, 0.2) is 24.3 Å². The normalized spacial score (nSPS) is 11.7. The van der Waals surface area contributed by atoms with Gasteiger partial charge in [-0.15, -0.1) is 0 Å². The first-order valence-corrected chi connectivity index (χ1v) is 8.24. The Kier molecular flexibility index (Phi) is 11.0. The molecule has 0 fully saturated rings. The van der Waals surface area contributed by atoms with Crippen molar-refractivity contribution in [2.45, 2.75) is 6.23 Å². The molecule has 9 nitrogen and oxygen atoms in total. The van der Waals surface area contributed by atoms with E-state index in [0.29, 0.717) is 24.4 Å². The number of carbonyl (C=O) groups is 2. The van der Waals surface area contributed by atoms with Crippen LogP contribution in [0.3, 0.4) is 0 Å². The van der Waals surface area contributed by atoms with Crippen LogP contribution in [-0.2, 0) is 19.0 Å². The number of ether oxygens (including phenoxy) is 4. The molecule has 1 aromatic rings. The van der Waals surface area contributed by atoms with Gasteiger partial charge in [0.2, 0.25) is 0 Å². The topological polar surface area (TPSA) is 121 Å². The van der Waals surface area contributed by atoms with Gasteiger partial charge in [-0.25, -0.2) is 4.79 Å². The molecule has 1 atom stereocenters. The summed E-state index contributed by atoms with van der Waals surface area (Å²) in [5.41, 5.74) is 6.29. The molecule has 0 aromatic heterocycles. The Bertz CT molecular complexity index is 555. The second kappa shape index (κ2) is 13.1. The molecule has 0 aliphatic heterocycles. The van der Waals surface area contributed by atoms with E-state index < -0.39 is 12.2 Å². The number of carbonyl (C=O) groups excluding carboxylic acids is 2. The van der Waals surface area contributed by atoms with E-state index in [4.69, 9.17) is 19.9 Å². The number of hydrogen-bond donors (Lipinski definition) is 3. The third kappa shape index (κ3) is 9.33. The Balaban J connectivity index is 2.28. The minimum atomic E-state index is -0.662. The molecule has 0 bridgehead atoms. The molecule has 26 heavy (non-hydrogen) atoms. The summed E-state index contributed by atoms with van der Waals surface area (Å²) in [6.07, 6.45) is -0.662. The molecular weight excluding hydrogens is 342 g/mol. The molecule has 0 spiro atoms. The highest BCUT2D eigenvalue weighted by Crippen LogP contribution is 2.13. The van der Waals surface area contributed by atoms with Gasteiger partial charge in [0.05, 0.1) is 20.3 Å². The molecule has 0 aliphatic carbocycles. The fourth-order valence-corrected chi connectivity index (χ4v) is 1.83. The Hall–Kier alpha value is -2.20. The van der Waals surface area contributed by atoms with Crippen molar-refractivity contribution in [3.8, 4) is 5.75 Å². The van der Waals surface area contributed by atoms with E-state index in [0.717, 1.165) is 0 Å². The smallest absolute Gasteiger partial charge is 0.331 e. The van der Waals surface area contributed by atoms with Gasteiger partial charge < -0.3 is 35.3 Å². The first kappa shape index (κ1) is 21.8. The van der Waals surface area contributed by atoms with Gasteiger partial charge in [0, 0.05) is 18.7 Å². The Morgan fingerprint density at radius 3 is 2.77 bits per heavy atom. The molecule has 1 unspecified atom stereocenters. The van der Waals surface area contributed by atoms with Crippen LogP contribution in [-0.4, -0.2) is 71.8 Å². The van der Waals surface area contributed by atoms with E-state index >= 15 is 0 Å². The fraction of sp³-hybridized carbons (Fsp3) is 0.529. The van der Waals surface area contributed by atoms with Gasteiger partial charge in [-0.2, -0.15) is 0 Å². The number of amides is 1. The van der Waals surface area contributed by atoms with Crippen molar-refractivity contribution in [3.63, 3.8) is 0 Å². The molecule has 0 aliphatic rings. The zero-order valence-electron chi connectivity index (χ0n) is 15.2. The SMILES string of the molecule is CNCCNC(=O)c1cccc(OCC(N)OCCOCC(=O)OC)c1. The Labute approximate surface area is 153 Å². The van der Waals surface area contributed by atoms with Crippen LogP contribution in [0.25, 0.3) is 0 Å². The summed E-state index contributed by atoms with van der Waals surface area (Å²) in [4.78, 5) is 22.8. The van der Waals surface area contributed by atoms with Gasteiger partial charge in [0.25, 0.3) is 5.91 Å². The average molecular weight is 369 g/mol. The van der Waals surface area contributed by atoms with Gasteiger partial charge in [-0.1, -0.05) is 6.07 Å². The number of methoxy groups -OCH3 is 1. The first-order chi connectivity index (χ1) is 12.6. The summed E-state index contributed by atoms with van der Waals surface area (Å²) in [5, 5.41) is 5.74. The number of esters is 1. The molecular formula is C17H27N3O6. The highest BCUT2D eigenvalue weighted by Gasteiger charge is 2.08. The van der Waals surface area contributed by atoms with Crippen molar-refractivity contribution in [1.82, 2.24) is 10.6 Å². The van der Waals surface area contributed by atoms with Crippen molar-refractivity contribution in [1.29, 1.82) is 0 Å². The summed E-state index contributed by atoms with van der Waals surface area (Å²) in [5.74, 6) is -0.103. The summed E-state index contributed by atoms with van der Waals surface area (Å²) >= 11 is 0. The second-order valence-corrected chi connectivity index (χ2v) is 5.24. The third-order valence-electron chi connectivity index (χ3n) is 3.18. The van der Waals surface area contributed by atoms with Crippen LogP contribution in [0, 0.1) is 0 Å². The van der Waals surface area contributed by atoms with E-state index in [-0.39, 0.29) is 32.3 Å². The van der Waals surface area contributed by atoms with Crippen molar-refractivity contribution >= 4 is 11.9 Å².